The van der Waals surface area contributed by atoms with Crippen molar-refractivity contribution in [3.8, 4) is 17.3 Å². The third-order valence-corrected chi connectivity index (χ3v) is 5.50. The molecule has 0 saturated heterocycles. The van der Waals surface area contributed by atoms with E-state index in [1.54, 1.807) is 23.0 Å². The predicted molar refractivity (Wildman–Crippen MR) is 108 cm³/mol. The molecule has 29 heavy (non-hydrogen) atoms. The van der Waals surface area contributed by atoms with Crippen molar-refractivity contribution >= 4 is 34.8 Å². The van der Waals surface area contributed by atoms with Gasteiger partial charge < -0.3 is 10.4 Å². The van der Waals surface area contributed by atoms with Crippen LogP contribution in [0.15, 0.2) is 29.8 Å². The number of carbonyl (C=O) groups is 2. The Labute approximate surface area is 175 Å². The summed E-state index contributed by atoms with van der Waals surface area (Å²) in [5, 5.41) is 27.0. The van der Waals surface area contributed by atoms with Gasteiger partial charge in [-0.2, -0.15) is 10.4 Å². The number of hydrogen-bond acceptors (Lipinski definition) is 6. The number of carboxylic acids is 1. The maximum atomic E-state index is 12.2. The molecule has 0 aliphatic heterocycles. The molecule has 10 heteroatoms. The number of thiazole rings is 1. The number of carboxylic acid groups (broad SMARTS) is 1. The first-order valence-electron chi connectivity index (χ1n) is 8.53. The maximum absolute atomic E-state index is 12.2. The van der Waals surface area contributed by atoms with Crippen LogP contribution in [0.1, 0.15) is 38.3 Å². The maximum Gasteiger partial charge on any atom is 0.365 e. The lowest BCUT2D eigenvalue weighted by Crippen LogP contribution is -2.36. The van der Waals surface area contributed by atoms with Crippen molar-refractivity contribution < 1.29 is 14.7 Å². The molecule has 0 aliphatic rings. The van der Waals surface area contributed by atoms with Gasteiger partial charge >= 0.3 is 5.97 Å². The molecule has 1 aromatic carbocycles. The summed E-state index contributed by atoms with van der Waals surface area (Å²) in [5.74, 6) is -1.60. The van der Waals surface area contributed by atoms with Gasteiger partial charge in [-0.05, 0) is 31.5 Å². The van der Waals surface area contributed by atoms with E-state index in [-0.39, 0.29) is 16.7 Å². The number of aromatic nitrogens is 3. The monoisotopic (exact) mass is 429 g/mol. The highest BCUT2D eigenvalue weighted by Gasteiger charge is 2.17. The summed E-state index contributed by atoms with van der Waals surface area (Å²) in [6.45, 7) is 4.05. The van der Waals surface area contributed by atoms with Crippen LogP contribution < -0.4 is 5.32 Å². The van der Waals surface area contributed by atoms with E-state index in [9.17, 15) is 9.59 Å². The Morgan fingerprint density at radius 1 is 1.41 bits per heavy atom. The highest BCUT2D eigenvalue weighted by molar-refractivity contribution is 7.11. The Balaban J connectivity index is 1.68. The lowest BCUT2D eigenvalue weighted by atomic mass is 10.0. The number of benzene rings is 1. The zero-order valence-corrected chi connectivity index (χ0v) is 17.1. The minimum atomic E-state index is -1.16. The number of aromatic carboxylic acids is 1. The van der Waals surface area contributed by atoms with E-state index >= 15 is 0 Å². The SMILES string of the molecule is Cc1c(-c2ccn(CC(C)NC(=O)c3csc(C(=O)O)n3)n2)ccc(C#N)c1Cl. The molecule has 3 aromatic rings. The molecule has 0 aliphatic carbocycles. The van der Waals surface area contributed by atoms with Crippen LogP contribution in [0.3, 0.4) is 0 Å². The normalized spacial score (nSPS) is 11.7. The van der Waals surface area contributed by atoms with Gasteiger partial charge in [0.1, 0.15) is 11.8 Å². The number of carbonyl (C=O) groups excluding carboxylic acids is 1. The van der Waals surface area contributed by atoms with Crippen LogP contribution in [0.5, 0.6) is 0 Å². The molecule has 0 fully saturated rings. The first-order chi connectivity index (χ1) is 13.8. The molecule has 1 atom stereocenters. The first kappa shape index (κ1) is 20.5. The molecule has 0 saturated carbocycles. The Morgan fingerprint density at radius 3 is 2.83 bits per heavy atom. The number of nitriles is 1. The Bertz CT molecular complexity index is 1130. The quantitative estimate of drug-likeness (QED) is 0.619. The average Bonchev–Trinajstić information content (AvgIpc) is 3.33. The second-order valence-electron chi connectivity index (χ2n) is 6.35. The molecule has 8 nitrogen and oxygen atoms in total. The topological polar surface area (TPSA) is 121 Å². The molecular weight excluding hydrogens is 414 g/mol. The van der Waals surface area contributed by atoms with Gasteiger partial charge in [0.2, 0.25) is 5.01 Å². The molecule has 0 bridgehead atoms. The molecular formula is C19H16ClN5O3S. The molecule has 3 rings (SSSR count). The van der Waals surface area contributed by atoms with E-state index in [1.165, 1.54) is 5.38 Å². The molecule has 2 aromatic heterocycles. The summed E-state index contributed by atoms with van der Waals surface area (Å²) >= 11 is 7.13. The number of amides is 1. The summed E-state index contributed by atoms with van der Waals surface area (Å²) < 4.78 is 1.69. The number of nitrogens with one attached hydrogen (secondary N) is 1. The number of hydrogen-bond donors (Lipinski definition) is 2. The van der Waals surface area contributed by atoms with Crippen molar-refractivity contribution in [3.05, 3.63) is 56.6 Å². The van der Waals surface area contributed by atoms with E-state index in [0.717, 1.165) is 22.5 Å². The Hall–Kier alpha value is -3.22. The van der Waals surface area contributed by atoms with Gasteiger partial charge in [-0.3, -0.25) is 9.48 Å². The summed E-state index contributed by atoms with van der Waals surface area (Å²) in [6.07, 6.45) is 1.79. The summed E-state index contributed by atoms with van der Waals surface area (Å²) in [4.78, 5) is 26.9. The van der Waals surface area contributed by atoms with E-state index in [0.29, 0.717) is 22.8 Å². The summed E-state index contributed by atoms with van der Waals surface area (Å²) in [6, 6.07) is 7.08. The van der Waals surface area contributed by atoms with Gasteiger partial charge in [-0.15, -0.1) is 11.3 Å². The van der Waals surface area contributed by atoms with Crippen molar-refractivity contribution in [2.75, 3.05) is 0 Å². The lowest BCUT2D eigenvalue weighted by molar-refractivity contribution is 0.0696. The van der Waals surface area contributed by atoms with Gasteiger partial charge in [0.25, 0.3) is 5.91 Å². The van der Waals surface area contributed by atoms with Gasteiger partial charge in [0.15, 0.2) is 0 Å². The van der Waals surface area contributed by atoms with E-state index in [2.05, 4.69) is 21.5 Å². The van der Waals surface area contributed by atoms with Crippen LogP contribution in [0.25, 0.3) is 11.3 Å². The Morgan fingerprint density at radius 2 is 2.17 bits per heavy atom. The third kappa shape index (κ3) is 4.45. The van der Waals surface area contributed by atoms with E-state index in [1.807, 2.05) is 19.9 Å². The van der Waals surface area contributed by atoms with E-state index in [4.69, 9.17) is 22.0 Å². The van der Waals surface area contributed by atoms with Crippen molar-refractivity contribution in [3.63, 3.8) is 0 Å². The van der Waals surface area contributed by atoms with Gasteiger partial charge in [-0.25, -0.2) is 9.78 Å². The van der Waals surface area contributed by atoms with Gasteiger partial charge in [0.05, 0.1) is 22.8 Å². The molecule has 2 heterocycles. The highest BCUT2D eigenvalue weighted by atomic mass is 35.5. The van der Waals surface area contributed by atoms with Gasteiger partial charge in [-0.1, -0.05) is 17.7 Å². The van der Waals surface area contributed by atoms with Crippen molar-refractivity contribution in [1.29, 1.82) is 5.26 Å². The molecule has 1 amide bonds. The minimum absolute atomic E-state index is 0.0725. The molecule has 2 N–H and O–H groups in total. The van der Waals surface area contributed by atoms with Crippen LogP contribution in [0, 0.1) is 18.3 Å². The van der Waals surface area contributed by atoms with Crippen LogP contribution >= 0.6 is 22.9 Å². The van der Waals surface area contributed by atoms with Crippen molar-refractivity contribution in [2.45, 2.75) is 26.4 Å². The summed E-state index contributed by atoms with van der Waals surface area (Å²) in [7, 11) is 0. The average molecular weight is 430 g/mol. The smallest absolute Gasteiger partial charge is 0.365 e. The first-order valence-corrected chi connectivity index (χ1v) is 9.78. The van der Waals surface area contributed by atoms with E-state index < -0.39 is 11.9 Å². The predicted octanol–water partition coefficient (Wildman–Crippen LogP) is 3.36. The molecule has 1 unspecified atom stereocenters. The Kier molecular flexibility index (Phi) is 5.96. The lowest BCUT2D eigenvalue weighted by Gasteiger charge is -2.13. The van der Waals surface area contributed by atoms with Crippen molar-refractivity contribution in [1.82, 2.24) is 20.1 Å². The fraction of sp³-hybridized carbons (Fsp3) is 0.211. The fourth-order valence-electron chi connectivity index (χ4n) is 2.76. The van der Waals surface area contributed by atoms with Crippen LogP contribution in [0.4, 0.5) is 0 Å². The third-order valence-electron chi connectivity index (χ3n) is 4.18. The van der Waals surface area contributed by atoms with Crippen molar-refractivity contribution in [2.24, 2.45) is 0 Å². The highest BCUT2D eigenvalue weighted by Crippen LogP contribution is 2.29. The number of rotatable bonds is 6. The summed E-state index contributed by atoms with van der Waals surface area (Å²) in [5.41, 5.74) is 2.79. The standard InChI is InChI=1S/C19H16ClN5O3S/c1-10(22-17(26)15-9-29-18(23-15)19(27)28)8-25-6-5-14(24-25)13-4-3-12(7-21)16(20)11(13)2/h3-6,9-10H,8H2,1-2H3,(H,22,26)(H,27,28). The number of halogens is 1. The minimum Gasteiger partial charge on any atom is -0.476 e. The van der Waals surface area contributed by atoms with Crippen LogP contribution in [0.2, 0.25) is 5.02 Å². The second kappa shape index (κ2) is 8.43. The molecule has 0 radical (unpaired) electrons. The van der Waals surface area contributed by atoms with Gasteiger partial charge in [0, 0.05) is 23.2 Å². The number of nitrogens with zero attached hydrogens (tertiary/aromatic N) is 4. The zero-order chi connectivity index (χ0) is 21.1. The zero-order valence-electron chi connectivity index (χ0n) is 15.5. The fourth-order valence-corrected chi connectivity index (χ4v) is 3.60. The van der Waals surface area contributed by atoms with Crippen LogP contribution in [-0.4, -0.2) is 37.8 Å². The molecule has 148 valence electrons. The van der Waals surface area contributed by atoms with Crippen LogP contribution in [-0.2, 0) is 6.54 Å². The second-order valence-corrected chi connectivity index (χ2v) is 7.59. The largest absolute Gasteiger partial charge is 0.476 e. The molecule has 0 spiro atoms.